The van der Waals surface area contributed by atoms with Crippen molar-refractivity contribution in [1.29, 1.82) is 0 Å². The van der Waals surface area contributed by atoms with Crippen LogP contribution >= 0.6 is 0 Å². The number of unbranched alkanes of at least 4 members (excludes halogenated alkanes) is 2. The summed E-state index contributed by atoms with van der Waals surface area (Å²) in [5, 5.41) is 0. The van der Waals surface area contributed by atoms with Gasteiger partial charge in [-0.15, -0.1) is 0 Å². The maximum Gasteiger partial charge on any atom is 0.308 e. The van der Waals surface area contributed by atoms with E-state index in [0.717, 1.165) is 37.8 Å². The third-order valence-electron chi connectivity index (χ3n) is 5.57. The highest BCUT2D eigenvalue weighted by atomic mass is 28.4. The first-order valence-electron chi connectivity index (χ1n) is 13.0. The van der Waals surface area contributed by atoms with Crippen molar-refractivity contribution in [3.8, 4) is 23.0 Å². The summed E-state index contributed by atoms with van der Waals surface area (Å²) >= 11 is 0. The summed E-state index contributed by atoms with van der Waals surface area (Å²) in [5.41, 5.74) is 0. The van der Waals surface area contributed by atoms with Gasteiger partial charge in [-0.2, -0.15) is 0 Å². The molecule has 0 aliphatic heterocycles. The van der Waals surface area contributed by atoms with Gasteiger partial charge in [0.15, 0.2) is 16.6 Å². The summed E-state index contributed by atoms with van der Waals surface area (Å²) in [4.78, 5) is 22.2. The highest BCUT2D eigenvalue weighted by Gasteiger charge is 2.32. The molecule has 0 aliphatic rings. The van der Waals surface area contributed by atoms with Gasteiger partial charge in [-0.3, -0.25) is 9.59 Å². The van der Waals surface area contributed by atoms with E-state index in [-0.39, 0.29) is 11.9 Å². The van der Waals surface area contributed by atoms with Crippen molar-refractivity contribution < 1.29 is 32.7 Å². The maximum absolute atomic E-state index is 11.1. The van der Waals surface area contributed by atoms with E-state index in [1.54, 1.807) is 24.3 Å². The molecule has 0 saturated carbocycles. The molecule has 2 aromatic rings. The molecule has 37 heavy (non-hydrogen) atoms. The van der Waals surface area contributed by atoms with E-state index in [2.05, 4.69) is 26.2 Å². The van der Waals surface area contributed by atoms with Gasteiger partial charge in [0.2, 0.25) is 0 Å². The molecule has 0 aromatic heterocycles. The van der Waals surface area contributed by atoms with Crippen LogP contribution in [0, 0.1) is 0 Å². The Morgan fingerprint density at radius 1 is 0.622 bits per heavy atom. The summed E-state index contributed by atoms with van der Waals surface area (Å²) in [6.07, 6.45) is 4.03. The van der Waals surface area contributed by atoms with Gasteiger partial charge in [-0.05, 0) is 75.4 Å². The van der Waals surface area contributed by atoms with Crippen molar-refractivity contribution in [2.45, 2.75) is 77.8 Å². The third kappa shape index (κ3) is 13.5. The van der Waals surface area contributed by atoms with Crippen LogP contribution in [-0.2, 0) is 13.7 Å². The second kappa shape index (κ2) is 14.9. The highest BCUT2D eigenvalue weighted by molar-refractivity contribution is 6.84. The van der Waals surface area contributed by atoms with E-state index in [9.17, 15) is 9.59 Å². The zero-order chi connectivity index (χ0) is 27.3. The summed E-state index contributed by atoms with van der Waals surface area (Å²) in [5.74, 6) is 1.74. The van der Waals surface area contributed by atoms with E-state index in [1.807, 2.05) is 24.3 Å². The quantitative estimate of drug-likeness (QED) is 0.0972. The largest absolute Gasteiger partial charge is 0.493 e. The predicted molar refractivity (Wildman–Crippen MR) is 151 cm³/mol. The lowest BCUT2D eigenvalue weighted by atomic mass is 10.3. The molecule has 2 rings (SSSR count). The van der Waals surface area contributed by atoms with E-state index in [1.165, 1.54) is 13.8 Å². The molecular formula is C28H42O7Si2. The molecule has 2 aromatic carbocycles. The molecule has 0 atom stereocenters. The molecule has 204 valence electrons. The molecule has 0 heterocycles. The summed E-state index contributed by atoms with van der Waals surface area (Å²) in [6.45, 7) is 13.3. The van der Waals surface area contributed by atoms with Crippen molar-refractivity contribution in [1.82, 2.24) is 0 Å². The fourth-order valence-electron chi connectivity index (χ4n) is 4.12. The molecule has 0 amide bonds. The topological polar surface area (TPSA) is 80.3 Å². The molecule has 9 heteroatoms. The van der Waals surface area contributed by atoms with Crippen LogP contribution in [0.1, 0.15) is 39.5 Å². The first-order valence-corrected chi connectivity index (χ1v) is 19.2. The van der Waals surface area contributed by atoms with Crippen molar-refractivity contribution >= 4 is 28.6 Å². The Bertz CT molecular complexity index is 928. The van der Waals surface area contributed by atoms with Crippen LogP contribution in [0.5, 0.6) is 23.0 Å². The minimum absolute atomic E-state index is 0.340. The summed E-state index contributed by atoms with van der Waals surface area (Å²) < 4.78 is 28.6. The molecule has 0 bridgehead atoms. The molecule has 0 fully saturated rings. The van der Waals surface area contributed by atoms with E-state index >= 15 is 0 Å². The van der Waals surface area contributed by atoms with Crippen LogP contribution in [0.4, 0.5) is 0 Å². The molecule has 0 unspecified atom stereocenters. The zero-order valence-corrected chi connectivity index (χ0v) is 25.1. The van der Waals surface area contributed by atoms with Gasteiger partial charge < -0.3 is 23.1 Å². The SMILES string of the molecule is CC(=O)Oc1cccc(OCCCC[Si](C)(C)O[Si](C)(C)CCCCOc2cccc(OC(C)=O)c2)c1. The zero-order valence-electron chi connectivity index (χ0n) is 23.1. The van der Waals surface area contributed by atoms with Gasteiger partial charge in [-0.1, -0.05) is 25.0 Å². The Kier molecular flexibility index (Phi) is 12.4. The minimum Gasteiger partial charge on any atom is -0.493 e. The Balaban J connectivity index is 1.63. The molecule has 0 N–H and O–H groups in total. The van der Waals surface area contributed by atoms with Gasteiger partial charge in [0.25, 0.3) is 0 Å². The number of ether oxygens (including phenoxy) is 4. The molecule has 7 nitrogen and oxygen atoms in total. The normalized spacial score (nSPS) is 11.6. The maximum atomic E-state index is 11.1. The molecule has 0 aliphatic carbocycles. The second-order valence-corrected chi connectivity index (χ2v) is 19.2. The smallest absolute Gasteiger partial charge is 0.308 e. The van der Waals surface area contributed by atoms with Crippen LogP contribution in [0.15, 0.2) is 48.5 Å². The number of benzene rings is 2. The Labute approximate surface area is 223 Å². The second-order valence-electron chi connectivity index (χ2n) is 10.4. The van der Waals surface area contributed by atoms with E-state index in [0.29, 0.717) is 36.2 Å². The van der Waals surface area contributed by atoms with Crippen LogP contribution in [-0.4, -0.2) is 41.8 Å². The van der Waals surface area contributed by atoms with Gasteiger partial charge in [-0.25, -0.2) is 0 Å². The number of rotatable bonds is 16. The lowest BCUT2D eigenvalue weighted by molar-refractivity contribution is -0.132. The fourth-order valence-corrected chi connectivity index (χ4v) is 13.1. The number of carbonyl (C=O) groups excluding carboxylic acids is 2. The first-order chi connectivity index (χ1) is 17.4. The number of esters is 2. The van der Waals surface area contributed by atoms with Gasteiger partial charge >= 0.3 is 11.9 Å². The lowest BCUT2D eigenvalue weighted by Crippen LogP contribution is -2.44. The Hall–Kier alpha value is -2.63. The van der Waals surface area contributed by atoms with Crippen molar-refractivity contribution in [3.63, 3.8) is 0 Å². The van der Waals surface area contributed by atoms with Crippen LogP contribution < -0.4 is 18.9 Å². The van der Waals surface area contributed by atoms with Gasteiger partial charge in [0, 0.05) is 26.0 Å². The van der Waals surface area contributed by atoms with Crippen molar-refractivity contribution in [3.05, 3.63) is 48.5 Å². The molecule has 0 saturated heterocycles. The standard InChI is InChI=1S/C28H42O7Si2/c1-23(29)33-27-15-11-13-25(21-27)31-17-7-9-19-36(3,4)35-37(5,6)20-10-8-18-32-26-14-12-16-28(22-26)34-24(2)30/h11-16,21-22H,7-10,17-20H2,1-6H3. The predicted octanol–water partition coefficient (Wildman–Crippen LogP) is 6.98. The monoisotopic (exact) mass is 546 g/mol. The van der Waals surface area contributed by atoms with E-state index in [4.69, 9.17) is 23.1 Å². The van der Waals surface area contributed by atoms with Crippen LogP contribution in [0.3, 0.4) is 0 Å². The van der Waals surface area contributed by atoms with E-state index < -0.39 is 16.6 Å². The Morgan fingerprint density at radius 2 is 1.00 bits per heavy atom. The summed E-state index contributed by atoms with van der Waals surface area (Å²) in [6, 6.07) is 16.5. The number of hydrogen-bond donors (Lipinski definition) is 0. The first kappa shape index (κ1) is 30.6. The fraction of sp³-hybridized carbons (Fsp3) is 0.500. The summed E-state index contributed by atoms with van der Waals surface area (Å²) in [7, 11) is -3.52. The highest BCUT2D eigenvalue weighted by Crippen LogP contribution is 2.26. The van der Waals surface area contributed by atoms with Crippen molar-refractivity contribution in [2.24, 2.45) is 0 Å². The molecule has 0 radical (unpaired) electrons. The van der Waals surface area contributed by atoms with Gasteiger partial charge in [0.1, 0.15) is 23.0 Å². The molecular weight excluding hydrogens is 504 g/mol. The lowest BCUT2D eigenvalue weighted by Gasteiger charge is -2.34. The number of carbonyl (C=O) groups is 2. The van der Waals surface area contributed by atoms with Crippen LogP contribution in [0.25, 0.3) is 0 Å². The average Bonchev–Trinajstić information content (AvgIpc) is 2.77. The van der Waals surface area contributed by atoms with Crippen molar-refractivity contribution in [2.75, 3.05) is 13.2 Å². The minimum atomic E-state index is -1.76. The van der Waals surface area contributed by atoms with Crippen LogP contribution in [0.2, 0.25) is 38.3 Å². The molecule has 0 spiro atoms. The average molecular weight is 547 g/mol. The van der Waals surface area contributed by atoms with Gasteiger partial charge in [0.05, 0.1) is 13.2 Å². The Morgan fingerprint density at radius 3 is 1.38 bits per heavy atom. The third-order valence-corrected chi connectivity index (χ3v) is 13.1. The number of hydrogen-bond acceptors (Lipinski definition) is 7.